The fraction of sp³-hybridized carbons (Fsp3) is 0.545. The van der Waals surface area contributed by atoms with Gasteiger partial charge in [0.25, 0.3) is 5.91 Å². The summed E-state index contributed by atoms with van der Waals surface area (Å²) in [6, 6.07) is 12.9. The van der Waals surface area contributed by atoms with E-state index in [0.717, 1.165) is 31.5 Å². The van der Waals surface area contributed by atoms with Crippen LogP contribution in [0.15, 0.2) is 42.5 Å². The van der Waals surface area contributed by atoms with E-state index in [1.165, 1.54) is 6.42 Å². The molecule has 2 fully saturated rings. The molecule has 10 nitrogen and oxygen atoms in total. The molecule has 0 spiro atoms. The smallest absolute Gasteiger partial charge is 0.254 e. The van der Waals surface area contributed by atoms with E-state index in [4.69, 9.17) is 14.2 Å². The Hall–Kier alpha value is -3.79. The third-order valence-corrected chi connectivity index (χ3v) is 8.63. The van der Waals surface area contributed by atoms with Gasteiger partial charge in [-0.15, -0.1) is 0 Å². The highest BCUT2D eigenvalue weighted by Crippen LogP contribution is 2.38. The molecule has 232 valence electrons. The Morgan fingerprint density at radius 3 is 2.56 bits per heavy atom. The molecule has 2 bridgehead atoms. The maximum atomic E-state index is 13.6. The lowest BCUT2D eigenvalue weighted by molar-refractivity contribution is -0.132. The molecule has 3 aliphatic heterocycles. The van der Waals surface area contributed by atoms with Crippen LogP contribution in [0.5, 0.6) is 17.2 Å². The molecule has 10 heteroatoms. The first-order chi connectivity index (χ1) is 21.0. The molecule has 43 heavy (non-hydrogen) atoms. The van der Waals surface area contributed by atoms with Crippen molar-refractivity contribution in [3.05, 3.63) is 53.6 Å². The molecule has 2 aromatic carbocycles. The maximum absolute atomic E-state index is 13.6. The van der Waals surface area contributed by atoms with Crippen LogP contribution in [0.3, 0.4) is 0 Å². The van der Waals surface area contributed by atoms with Gasteiger partial charge in [-0.05, 0) is 75.2 Å². The quantitative estimate of drug-likeness (QED) is 0.550. The van der Waals surface area contributed by atoms with Crippen LogP contribution in [0.1, 0.15) is 54.4 Å². The number of piperidine rings is 1. The second kappa shape index (κ2) is 14.6. The highest BCUT2D eigenvalue weighted by molar-refractivity contribution is 5.94. The largest absolute Gasteiger partial charge is 0.494 e. The normalized spacial score (nSPS) is 21.7. The van der Waals surface area contributed by atoms with Crippen molar-refractivity contribution in [2.75, 3.05) is 72.7 Å². The lowest BCUT2D eigenvalue weighted by Crippen LogP contribution is -2.42. The van der Waals surface area contributed by atoms with Crippen LogP contribution in [-0.2, 0) is 9.59 Å². The summed E-state index contributed by atoms with van der Waals surface area (Å²) >= 11 is 0. The molecule has 0 aromatic heterocycles. The number of carbonyl (C=O) groups is 3. The van der Waals surface area contributed by atoms with E-state index >= 15 is 0 Å². The zero-order valence-corrected chi connectivity index (χ0v) is 25.4. The number of amides is 3. The molecule has 3 aliphatic rings. The van der Waals surface area contributed by atoms with Gasteiger partial charge in [0, 0.05) is 37.7 Å². The van der Waals surface area contributed by atoms with Crippen LogP contribution < -0.4 is 19.5 Å². The SMILES string of the molecule is CCOc1cccc(C(=O)N2CCCNC(=O)[C@H]3CN(C(=O)CN4CCCCC4)C[C@@H]3c3ccc(OC)c(c3)OCC2)c1. The summed E-state index contributed by atoms with van der Waals surface area (Å²) in [5.41, 5.74) is 1.47. The summed E-state index contributed by atoms with van der Waals surface area (Å²) in [5, 5.41) is 3.10. The first-order valence-corrected chi connectivity index (χ1v) is 15.6. The van der Waals surface area contributed by atoms with E-state index < -0.39 is 0 Å². The second-order valence-electron chi connectivity index (χ2n) is 11.5. The summed E-state index contributed by atoms with van der Waals surface area (Å²) in [6.07, 6.45) is 4.05. The molecule has 1 N–H and O–H groups in total. The summed E-state index contributed by atoms with van der Waals surface area (Å²) in [7, 11) is 1.59. The molecular weight excluding hydrogens is 548 g/mol. The number of fused-ring (bicyclic) bond motifs is 4. The fourth-order valence-corrected chi connectivity index (χ4v) is 6.32. The number of ether oxygens (including phenoxy) is 3. The van der Waals surface area contributed by atoms with E-state index in [1.54, 1.807) is 24.1 Å². The maximum Gasteiger partial charge on any atom is 0.254 e. The molecule has 2 aromatic rings. The molecule has 3 heterocycles. The minimum atomic E-state index is -0.381. The van der Waals surface area contributed by atoms with E-state index in [-0.39, 0.29) is 36.2 Å². The zero-order chi connectivity index (χ0) is 30.2. The molecule has 0 aliphatic carbocycles. The zero-order valence-electron chi connectivity index (χ0n) is 25.4. The number of rotatable bonds is 6. The highest BCUT2D eigenvalue weighted by Gasteiger charge is 2.41. The average molecular weight is 593 g/mol. The Morgan fingerprint density at radius 1 is 0.953 bits per heavy atom. The Balaban J connectivity index is 1.34. The van der Waals surface area contributed by atoms with E-state index in [2.05, 4.69) is 10.2 Å². The first-order valence-electron chi connectivity index (χ1n) is 15.6. The Kier molecular flexibility index (Phi) is 10.4. The average Bonchev–Trinajstić information content (AvgIpc) is 3.48. The van der Waals surface area contributed by atoms with Crippen molar-refractivity contribution in [1.29, 1.82) is 0 Å². The van der Waals surface area contributed by atoms with Crippen molar-refractivity contribution < 1.29 is 28.6 Å². The Morgan fingerprint density at radius 2 is 1.77 bits per heavy atom. The highest BCUT2D eigenvalue weighted by atomic mass is 16.5. The van der Waals surface area contributed by atoms with E-state index in [9.17, 15) is 14.4 Å². The third kappa shape index (κ3) is 7.60. The van der Waals surface area contributed by atoms with Gasteiger partial charge in [0.1, 0.15) is 12.4 Å². The second-order valence-corrected chi connectivity index (χ2v) is 11.5. The van der Waals surface area contributed by atoms with E-state index in [0.29, 0.717) is 75.1 Å². The van der Waals surface area contributed by atoms with Crippen LogP contribution >= 0.6 is 0 Å². The lowest BCUT2D eigenvalue weighted by atomic mass is 9.88. The number of nitrogens with one attached hydrogen (secondary N) is 1. The van der Waals surface area contributed by atoms with Crippen molar-refractivity contribution in [3.8, 4) is 17.2 Å². The van der Waals surface area contributed by atoms with Crippen molar-refractivity contribution in [1.82, 2.24) is 20.0 Å². The van der Waals surface area contributed by atoms with Crippen molar-refractivity contribution in [2.45, 2.75) is 38.5 Å². The van der Waals surface area contributed by atoms with Gasteiger partial charge in [-0.3, -0.25) is 19.3 Å². The van der Waals surface area contributed by atoms with E-state index in [1.807, 2.05) is 42.2 Å². The summed E-state index contributed by atoms with van der Waals surface area (Å²) in [6.45, 7) is 7.11. The van der Waals surface area contributed by atoms with Gasteiger partial charge in [-0.2, -0.15) is 0 Å². The van der Waals surface area contributed by atoms with Gasteiger partial charge in [-0.25, -0.2) is 0 Å². The number of nitrogens with zero attached hydrogens (tertiary/aromatic N) is 3. The number of hydrogen-bond donors (Lipinski definition) is 1. The fourth-order valence-electron chi connectivity index (χ4n) is 6.32. The number of hydrogen-bond acceptors (Lipinski definition) is 7. The third-order valence-electron chi connectivity index (χ3n) is 8.63. The predicted octanol–water partition coefficient (Wildman–Crippen LogP) is 3.16. The van der Waals surface area contributed by atoms with Gasteiger partial charge < -0.3 is 29.3 Å². The minimum Gasteiger partial charge on any atom is -0.494 e. The van der Waals surface area contributed by atoms with Crippen LogP contribution in [0.2, 0.25) is 0 Å². The van der Waals surface area contributed by atoms with Gasteiger partial charge in [-0.1, -0.05) is 18.6 Å². The van der Waals surface area contributed by atoms with Crippen molar-refractivity contribution >= 4 is 17.7 Å². The summed E-state index contributed by atoms with van der Waals surface area (Å²) in [4.78, 5) is 46.2. The number of benzene rings is 2. The standard InChI is InChI=1S/C33H44N4O6/c1-3-42-26-10-7-9-25(19-26)33(40)36-16-8-13-34-32(39)28-22-37(31(38)23-35-14-5-4-6-15-35)21-27(28)24-11-12-29(41-2)30(20-24)43-18-17-36/h7,9-12,19-20,27-28H,3-6,8,13-18,21-23H2,1-2H3,(H,34,39)/t27-,28+/m1/s1. The molecule has 0 radical (unpaired) electrons. The Labute approximate surface area is 254 Å². The summed E-state index contributed by atoms with van der Waals surface area (Å²) in [5.74, 6) is 1.13. The van der Waals surface area contributed by atoms with Gasteiger partial charge in [0.15, 0.2) is 11.5 Å². The molecule has 5 rings (SSSR count). The van der Waals surface area contributed by atoms with Gasteiger partial charge in [0.05, 0.1) is 32.7 Å². The minimum absolute atomic E-state index is 0.0732. The van der Waals surface area contributed by atoms with Crippen LogP contribution in [0.4, 0.5) is 0 Å². The molecular formula is C33H44N4O6. The molecule has 0 unspecified atom stereocenters. The van der Waals surface area contributed by atoms with Crippen molar-refractivity contribution in [3.63, 3.8) is 0 Å². The Bertz CT molecular complexity index is 1280. The number of likely N-dealkylation sites (tertiary alicyclic amines) is 2. The van der Waals surface area contributed by atoms with Crippen LogP contribution in [-0.4, -0.2) is 105 Å². The van der Waals surface area contributed by atoms with Crippen molar-refractivity contribution in [2.24, 2.45) is 5.92 Å². The predicted molar refractivity (Wildman–Crippen MR) is 163 cm³/mol. The molecule has 2 atom stereocenters. The number of carbonyl (C=O) groups excluding carboxylic acids is 3. The van der Waals surface area contributed by atoms with Crippen LogP contribution in [0.25, 0.3) is 0 Å². The monoisotopic (exact) mass is 592 g/mol. The first kappa shape index (κ1) is 30.7. The topological polar surface area (TPSA) is 101 Å². The summed E-state index contributed by atoms with van der Waals surface area (Å²) < 4.78 is 17.4. The van der Waals surface area contributed by atoms with Crippen LogP contribution in [0, 0.1) is 5.92 Å². The molecule has 2 saturated heterocycles. The van der Waals surface area contributed by atoms with Gasteiger partial charge in [0.2, 0.25) is 11.8 Å². The molecule has 3 amide bonds. The van der Waals surface area contributed by atoms with Gasteiger partial charge >= 0.3 is 0 Å². The lowest BCUT2D eigenvalue weighted by Gasteiger charge is -2.28. The number of methoxy groups -OCH3 is 1. The molecule has 0 saturated carbocycles.